The van der Waals surface area contributed by atoms with Crippen molar-refractivity contribution in [1.82, 2.24) is 15.0 Å². The third-order valence-corrected chi connectivity index (χ3v) is 6.53. The van der Waals surface area contributed by atoms with Crippen LogP contribution >= 0.6 is 11.8 Å². The van der Waals surface area contributed by atoms with Crippen LogP contribution in [0, 0.1) is 24.1 Å². The number of fused-ring (bicyclic) bond motifs is 1. The molecular formula is C22H20F2N6OS. The lowest BCUT2D eigenvalue weighted by Gasteiger charge is -2.11. The number of amidine groups is 1. The van der Waals surface area contributed by atoms with Crippen molar-refractivity contribution < 1.29 is 13.5 Å². The molecule has 10 heteroatoms. The molecule has 2 heterocycles. The van der Waals surface area contributed by atoms with Gasteiger partial charge < -0.3 is 15.8 Å². The Bertz CT molecular complexity index is 1210. The first-order chi connectivity index (χ1) is 15.5. The van der Waals surface area contributed by atoms with Crippen LogP contribution in [0.2, 0.25) is 0 Å². The van der Waals surface area contributed by atoms with E-state index in [9.17, 15) is 8.78 Å². The first-order valence-corrected chi connectivity index (χ1v) is 10.7. The molecule has 3 N–H and O–H groups in total. The van der Waals surface area contributed by atoms with Crippen LogP contribution in [0.3, 0.4) is 0 Å². The van der Waals surface area contributed by atoms with Gasteiger partial charge in [-0.05, 0) is 29.7 Å². The van der Waals surface area contributed by atoms with E-state index in [1.807, 2.05) is 6.92 Å². The van der Waals surface area contributed by atoms with E-state index in [1.54, 1.807) is 24.4 Å². The quantitative estimate of drug-likeness (QED) is 0.241. The summed E-state index contributed by atoms with van der Waals surface area (Å²) in [5.74, 6) is 3.20. The zero-order valence-electron chi connectivity index (χ0n) is 17.1. The second kappa shape index (κ2) is 9.36. The normalized spacial score (nSPS) is 20.1. The van der Waals surface area contributed by atoms with Crippen molar-refractivity contribution in [2.75, 3.05) is 18.7 Å². The summed E-state index contributed by atoms with van der Waals surface area (Å²) in [5.41, 5.74) is 8.05. The van der Waals surface area contributed by atoms with Crippen LogP contribution in [0.5, 0.6) is 5.75 Å². The smallest absolute Gasteiger partial charge is 0.182 e. The lowest BCUT2D eigenvalue weighted by atomic mass is 10.1. The number of aromatic nitrogens is 3. The molecule has 7 nitrogen and oxygen atoms in total. The van der Waals surface area contributed by atoms with E-state index in [0.29, 0.717) is 33.9 Å². The Labute approximate surface area is 187 Å². The SMILES string of the molecule is C#CCOc1cnc2c(Nc3ccc(F)c([C@@H]4C(C)[C@@H]4SC(N)=NCF)c3)ncnc2c1. The molecule has 0 radical (unpaired) electrons. The number of terminal acetylenes is 1. The van der Waals surface area contributed by atoms with E-state index in [4.69, 9.17) is 16.9 Å². The predicted octanol–water partition coefficient (Wildman–Crippen LogP) is 4.00. The van der Waals surface area contributed by atoms with E-state index in [0.717, 1.165) is 0 Å². The molecule has 4 rings (SSSR count). The van der Waals surface area contributed by atoms with Gasteiger partial charge in [-0.15, -0.1) is 6.42 Å². The van der Waals surface area contributed by atoms with Crippen LogP contribution < -0.4 is 15.8 Å². The Balaban J connectivity index is 1.57. The summed E-state index contributed by atoms with van der Waals surface area (Å²) < 4.78 is 32.4. The fourth-order valence-corrected chi connectivity index (χ4v) is 4.77. The van der Waals surface area contributed by atoms with Crippen LogP contribution in [0.4, 0.5) is 20.3 Å². The van der Waals surface area contributed by atoms with Crippen LogP contribution in [-0.2, 0) is 0 Å². The van der Waals surface area contributed by atoms with E-state index < -0.39 is 6.80 Å². The van der Waals surface area contributed by atoms with Gasteiger partial charge in [0.15, 0.2) is 17.8 Å². The minimum atomic E-state index is -0.864. The number of anilines is 2. The molecule has 3 aromatic rings. The van der Waals surface area contributed by atoms with Gasteiger partial charge in [-0.3, -0.25) is 0 Å². The Morgan fingerprint density at radius 1 is 1.34 bits per heavy atom. The van der Waals surface area contributed by atoms with Crippen molar-refractivity contribution >= 4 is 39.5 Å². The number of alkyl halides is 1. The summed E-state index contributed by atoms with van der Waals surface area (Å²) in [7, 11) is 0. The Kier molecular flexibility index (Phi) is 6.37. The van der Waals surface area contributed by atoms with Crippen molar-refractivity contribution in [2.45, 2.75) is 18.1 Å². The zero-order valence-corrected chi connectivity index (χ0v) is 17.9. The van der Waals surface area contributed by atoms with E-state index in [-0.39, 0.29) is 34.7 Å². The molecule has 1 aromatic carbocycles. The molecule has 1 fully saturated rings. The van der Waals surface area contributed by atoms with Crippen molar-refractivity contribution in [2.24, 2.45) is 16.6 Å². The molecule has 0 amide bonds. The number of halogens is 2. The van der Waals surface area contributed by atoms with Gasteiger partial charge in [-0.25, -0.2) is 28.7 Å². The third-order valence-electron chi connectivity index (χ3n) is 5.16. The summed E-state index contributed by atoms with van der Waals surface area (Å²) in [6.45, 7) is 1.27. The number of aliphatic imine (C=N–C) groups is 1. The molecule has 32 heavy (non-hydrogen) atoms. The maximum atomic E-state index is 14.6. The maximum absolute atomic E-state index is 14.6. The highest BCUT2D eigenvalue weighted by Gasteiger charge is 2.49. The van der Waals surface area contributed by atoms with Crippen LogP contribution in [0.25, 0.3) is 11.0 Å². The largest absolute Gasteiger partial charge is 0.479 e. The van der Waals surface area contributed by atoms with Gasteiger partial charge in [0.1, 0.15) is 30.0 Å². The van der Waals surface area contributed by atoms with Crippen molar-refractivity contribution in [1.29, 1.82) is 0 Å². The summed E-state index contributed by atoms with van der Waals surface area (Å²) in [6, 6.07) is 6.51. The summed E-state index contributed by atoms with van der Waals surface area (Å²) in [4.78, 5) is 16.4. The summed E-state index contributed by atoms with van der Waals surface area (Å²) in [6.07, 6.45) is 8.17. The van der Waals surface area contributed by atoms with Crippen LogP contribution in [0.1, 0.15) is 18.4 Å². The highest BCUT2D eigenvalue weighted by Crippen LogP contribution is 2.55. The van der Waals surface area contributed by atoms with Crippen molar-refractivity contribution in [3.63, 3.8) is 0 Å². The summed E-state index contributed by atoms with van der Waals surface area (Å²) >= 11 is 1.27. The lowest BCUT2D eigenvalue weighted by Crippen LogP contribution is -2.08. The first kappa shape index (κ1) is 21.8. The molecule has 0 aliphatic heterocycles. The van der Waals surface area contributed by atoms with Crippen molar-refractivity contribution in [3.8, 4) is 18.1 Å². The highest BCUT2D eigenvalue weighted by atomic mass is 32.2. The van der Waals surface area contributed by atoms with E-state index >= 15 is 0 Å². The summed E-state index contributed by atoms with van der Waals surface area (Å²) in [5, 5.41) is 3.40. The number of pyridine rings is 1. The third kappa shape index (κ3) is 4.57. The highest BCUT2D eigenvalue weighted by molar-refractivity contribution is 8.14. The number of ether oxygens (including phenoxy) is 1. The van der Waals surface area contributed by atoms with Gasteiger partial charge in [0.05, 0.1) is 11.7 Å². The molecule has 3 atom stereocenters. The molecule has 2 aromatic heterocycles. The molecule has 1 aliphatic rings. The molecular weight excluding hydrogens is 434 g/mol. The van der Waals surface area contributed by atoms with Gasteiger partial charge in [-0.2, -0.15) is 0 Å². The molecule has 0 saturated heterocycles. The number of benzene rings is 1. The van der Waals surface area contributed by atoms with Crippen LogP contribution in [-0.4, -0.2) is 38.8 Å². The molecule has 1 unspecified atom stereocenters. The van der Waals surface area contributed by atoms with Gasteiger partial charge in [0, 0.05) is 22.9 Å². The first-order valence-electron chi connectivity index (χ1n) is 9.78. The topological polar surface area (TPSA) is 98.3 Å². The monoisotopic (exact) mass is 454 g/mol. The molecule has 1 saturated carbocycles. The van der Waals surface area contributed by atoms with Gasteiger partial charge >= 0.3 is 0 Å². The number of hydrogen-bond acceptors (Lipinski definition) is 7. The maximum Gasteiger partial charge on any atom is 0.182 e. The number of hydrogen-bond donors (Lipinski definition) is 2. The van der Waals surface area contributed by atoms with Crippen LogP contribution in [0.15, 0.2) is 41.8 Å². The number of thioether (sulfide) groups is 1. The minimum absolute atomic E-state index is 0.0398. The second-order valence-corrected chi connectivity index (χ2v) is 8.40. The fraction of sp³-hybridized carbons (Fsp3) is 0.273. The predicted molar refractivity (Wildman–Crippen MR) is 122 cm³/mol. The Morgan fingerprint density at radius 3 is 2.97 bits per heavy atom. The van der Waals surface area contributed by atoms with Crippen molar-refractivity contribution in [3.05, 3.63) is 48.2 Å². The van der Waals surface area contributed by atoms with Gasteiger partial charge in [-0.1, -0.05) is 24.6 Å². The molecule has 1 aliphatic carbocycles. The Hall–Kier alpha value is -3.45. The number of rotatable bonds is 7. The standard InChI is InChI=1S/C22H20F2N6OS/c1-3-6-31-14-8-17-19(26-9-14)21(29-11-28-17)30-13-4-5-16(24)15(7-13)18-12(2)20(18)32-22(25)27-10-23/h1,4-5,7-9,11-12,18,20H,6,10H2,2H3,(H2,25,27)(H,28,29,30)/t12?,18-,20-/m0/s1. The molecule has 0 bridgehead atoms. The number of nitrogens with one attached hydrogen (secondary N) is 1. The average Bonchev–Trinajstić information content (AvgIpc) is 3.41. The minimum Gasteiger partial charge on any atom is -0.479 e. The second-order valence-electron chi connectivity index (χ2n) is 7.20. The average molecular weight is 455 g/mol. The van der Waals surface area contributed by atoms with Gasteiger partial charge in [0.25, 0.3) is 0 Å². The van der Waals surface area contributed by atoms with Gasteiger partial charge in [0.2, 0.25) is 0 Å². The lowest BCUT2D eigenvalue weighted by molar-refractivity contribution is 0.369. The van der Waals surface area contributed by atoms with E-state index in [1.165, 1.54) is 24.2 Å². The molecule has 164 valence electrons. The fourth-order valence-electron chi connectivity index (χ4n) is 3.54. The van der Waals surface area contributed by atoms with E-state index in [2.05, 4.69) is 31.2 Å². The zero-order chi connectivity index (χ0) is 22.7. The molecule has 0 spiro atoms. The number of nitrogens with two attached hydrogens (primary N) is 1. The Morgan fingerprint density at radius 2 is 2.19 bits per heavy atom. The number of nitrogens with zero attached hydrogens (tertiary/aromatic N) is 4.